The third kappa shape index (κ3) is 5.49. The molecule has 1 amide bonds. The highest BCUT2D eigenvalue weighted by Crippen LogP contribution is 2.21. The van der Waals surface area contributed by atoms with Crippen molar-refractivity contribution in [2.75, 3.05) is 0 Å². The second-order valence-corrected chi connectivity index (χ2v) is 5.79. The molecule has 0 aliphatic heterocycles. The third-order valence-electron chi connectivity index (χ3n) is 3.55. The molecule has 0 atom stereocenters. The summed E-state index contributed by atoms with van der Waals surface area (Å²) in [5.41, 5.74) is 2.20. The molecule has 0 fully saturated rings. The lowest BCUT2D eigenvalue weighted by atomic mass is 9.99. The molecule has 0 heterocycles. The van der Waals surface area contributed by atoms with Gasteiger partial charge in [-0.3, -0.25) is 4.79 Å². The Labute approximate surface area is 143 Å². The van der Waals surface area contributed by atoms with Crippen LogP contribution >= 0.6 is 12.2 Å². The van der Waals surface area contributed by atoms with Crippen molar-refractivity contribution in [1.82, 2.24) is 10.6 Å². The minimum Gasteiger partial charge on any atom is -0.351 e. The zero-order chi connectivity index (χ0) is 16.5. The smallest absolute Gasteiger partial charge is 0.226 e. The van der Waals surface area contributed by atoms with Crippen LogP contribution < -0.4 is 10.6 Å². The van der Waals surface area contributed by atoms with Crippen LogP contribution in [0.4, 0.5) is 0 Å². The summed E-state index contributed by atoms with van der Waals surface area (Å²) in [5.74, 6) is -0.0378. The van der Waals surface area contributed by atoms with Crippen LogP contribution in [0.5, 0.6) is 0 Å². The lowest BCUT2D eigenvalue weighted by molar-refractivity contribution is -0.119. The summed E-state index contributed by atoms with van der Waals surface area (Å²) in [5, 5.41) is 6.39. The Morgan fingerprint density at radius 2 is 1.52 bits per heavy atom. The van der Waals surface area contributed by atoms with Gasteiger partial charge in [0.15, 0.2) is 5.11 Å². The van der Waals surface area contributed by atoms with E-state index in [2.05, 4.69) is 17.6 Å². The fourth-order valence-corrected chi connectivity index (χ4v) is 2.58. The zero-order valence-electron chi connectivity index (χ0n) is 13.3. The van der Waals surface area contributed by atoms with Gasteiger partial charge in [0.25, 0.3) is 0 Å². The van der Waals surface area contributed by atoms with E-state index in [1.54, 1.807) is 0 Å². The first kappa shape index (κ1) is 17.2. The molecule has 2 aromatic rings. The van der Waals surface area contributed by atoms with Crippen molar-refractivity contribution < 1.29 is 4.79 Å². The van der Waals surface area contributed by atoms with Gasteiger partial charge in [-0.2, -0.15) is 0 Å². The minimum absolute atomic E-state index is 0.0378. The molecule has 120 valence electrons. The number of hydrogen-bond acceptors (Lipinski definition) is 2. The van der Waals surface area contributed by atoms with E-state index in [1.165, 1.54) is 0 Å². The Bertz CT molecular complexity index is 589. The highest BCUT2D eigenvalue weighted by molar-refractivity contribution is 7.80. The van der Waals surface area contributed by atoms with Gasteiger partial charge in [-0.1, -0.05) is 74.0 Å². The van der Waals surface area contributed by atoms with Gasteiger partial charge in [0, 0.05) is 6.42 Å². The average molecular weight is 326 g/mol. The Morgan fingerprint density at radius 3 is 2.00 bits per heavy atom. The molecule has 0 unspecified atom stereocenters. The normalized spacial score (nSPS) is 10.3. The molecule has 0 radical (unpaired) electrons. The van der Waals surface area contributed by atoms with E-state index in [1.807, 2.05) is 60.7 Å². The van der Waals surface area contributed by atoms with Crippen LogP contribution in [0.25, 0.3) is 0 Å². The first-order valence-electron chi connectivity index (χ1n) is 7.91. The van der Waals surface area contributed by atoms with Gasteiger partial charge in [-0.25, -0.2) is 0 Å². The second-order valence-electron chi connectivity index (χ2n) is 5.38. The Hall–Kier alpha value is -2.20. The molecule has 0 aliphatic carbocycles. The van der Waals surface area contributed by atoms with Crippen LogP contribution in [0.1, 0.15) is 43.4 Å². The topological polar surface area (TPSA) is 41.1 Å². The minimum atomic E-state index is -0.0867. The van der Waals surface area contributed by atoms with E-state index in [0.29, 0.717) is 11.5 Å². The predicted molar refractivity (Wildman–Crippen MR) is 98.1 cm³/mol. The summed E-state index contributed by atoms with van der Waals surface area (Å²) >= 11 is 5.31. The van der Waals surface area contributed by atoms with Crippen LogP contribution in [0.3, 0.4) is 0 Å². The molecule has 0 aromatic heterocycles. The number of benzene rings is 2. The van der Waals surface area contributed by atoms with E-state index in [4.69, 9.17) is 12.2 Å². The lowest BCUT2D eigenvalue weighted by Crippen LogP contribution is -2.41. The van der Waals surface area contributed by atoms with Crippen molar-refractivity contribution in [2.24, 2.45) is 0 Å². The van der Waals surface area contributed by atoms with Crippen LogP contribution in [0.15, 0.2) is 60.7 Å². The summed E-state index contributed by atoms with van der Waals surface area (Å²) in [4.78, 5) is 11.8. The van der Waals surface area contributed by atoms with Crippen molar-refractivity contribution in [3.63, 3.8) is 0 Å². The first-order chi connectivity index (χ1) is 11.2. The number of rotatable bonds is 6. The van der Waals surface area contributed by atoms with E-state index in [0.717, 1.165) is 24.0 Å². The first-order valence-corrected chi connectivity index (χ1v) is 8.31. The molecule has 3 nitrogen and oxygen atoms in total. The third-order valence-corrected chi connectivity index (χ3v) is 3.77. The molecule has 0 spiro atoms. The number of hydrogen-bond donors (Lipinski definition) is 2. The van der Waals surface area contributed by atoms with Gasteiger partial charge in [-0.15, -0.1) is 0 Å². The van der Waals surface area contributed by atoms with Gasteiger partial charge < -0.3 is 10.6 Å². The molecule has 0 aliphatic rings. The van der Waals surface area contributed by atoms with Gasteiger partial charge in [0.05, 0.1) is 6.04 Å². The van der Waals surface area contributed by atoms with Crippen LogP contribution in [-0.4, -0.2) is 11.0 Å². The van der Waals surface area contributed by atoms with Gasteiger partial charge in [0.2, 0.25) is 5.91 Å². The maximum atomic E-state index is 11.8. The zero-order valence-corrected chi connectivity index (χ0v) is 14.1. The molecule has 0 bridgehead atoms. The summed E-state index contributed by atoms with van der Waals surface area (Å²) < 4.78 is 0. The summed E-state index contributed by atoms with van der Waals surface area (Å²) in [7, 11) is 0. The van der Waals surface area contributed by atoms with Crippen LogP contribution in [0, 0.1) is 0 Å². The SMILES string of the molecule is CCCCC(=O)NC(=S)NC(c1ccccc1)c1ccccc1. The van der Waals surface area contributed by atoms with Crippen molar-refractivity contribution >= 4 is 23.2 Å². The standard InChI is InChI=1S/C19H22N2OS/c1-2-3-14-17(22)20-19(23)21-18(15-10-6-4-7-11-15)16-12-8-5-9-13-16/h4-13,18H,2-3,14H2,1H3,(H2,20,21,22,23). The number of nitrogens with one attached hydrogen (secondary N) is 2. The van der Waals surface area contributed by atoms with E-state index in [9.17, 15) is 4.79 Å². The van der Waals surface area contributed by atoms with E-state index < -0.39 is 0 Å². The summed E-state index contributed by atoms with van der Waals surface area (Å²) in [6.07, 6.45) is 2.36. The fourth-order valence-electron chi connectivity index (χ4n) is 2.34. The predicted octanol–water partition coefficient (Wildman–Crippen LogP) is 3.96. The highest BCUT2D eigenvalue weighted by atomic mass is 32.1. The Balaban J connectivity index is 2.10. The molecule has 0 saturated carbocycles. The maximum absolute atomic E-state index is 11.8. The van der Waals surface area contributed by atoms with Gasteiger partial charge in [0.1, 0.15) is 0 Å². The molecule has 0 saturated heterocycles. The quantitative estimate of drug-likeness (QED) is 0.790. The number of carbonyl (C=O) groups is 1. The Morgan fingerprint density at radius 1 is 1.00 bits per heavy atom. The molecule has 2 rings (SSSR count). The lowest BCUT2D eigenvalue weighted by Gasteiger charge is -2.21. The molecule has 4 heteroatoms. The average Bonchev–Trinajstić information content (AvgIpc) is 2.59. The van der Waals surface area contributed by atoms with Crippen molar-refractivity contribution in [1.29, 1.82) is 0 Å². The molecule has 2 N–H and O–H groups in total. The molecular weight excluding hydrogens is 304 g/mol. The van der Waals surface area contributed by atoms with Crippen LogP contribution in [0.2, 0.25) is 0 Å². The monoisotopic (exact) mass is 326 g/mol. The number of amides is 1. The van der Waals surface area contributed by atoms with Crippen molar-refractivity contribution in [3.8, 4) is 0 Å². The van der Waals surface area contributed by atoms with Crippen LogP contribution in [-0.2, 0) is 4.79 Å². The summed E-state index contributed by atoms with van der Waals surface area (Å²) in [6, 6.07) is 20.1. The van der Waals surface area contributed by atoms with E-state index in [-0.39, 0.29) is 11.9 Å². The van der Waals surface area contributed by atoms with Gasteiger partial charge in [-0.05, 0) is 29.8 Å². The molecule has 23 heavy (non-hydrogen) atoms. The van der Waals surface area contributed by atoms with Crippen molar-refractivity contribution in [2.45, 2.75) is 32.2 Å². The molecule has 2 aromatic carbocycles. The number of carbonyl (C=O) groups excluding carboxylic acids is 1. The second kappa shape index (κ2) is 9.06. The number of unbranched alkanes of at least 4 members (excludes halogenated alkanes) is 1. The highest BCUT2D eigenvalue weighted by Gasteiger charge is 2.15. The summed E-state index contributed by atoms with van der Waals surface area (Å²) in [6.45, 7) is 2.06. The number of thiocarbonyl (C=S) groups is 1. The van der Waals surface area contributed by atoms with Gasteiger partial charge >= 0.3 is 0 Å². The van der Waals surface area contributed by atoms with E-state index >= 15 is 0 Å². The maximum Gasteiger partial charge on any atom is 0.226 e. The molecular formula is C19H22N2OS. The fraction of sp³-hybridized carbons (Fsp3) is 0.263. The largest absolute Gasteiger partial charge is 0.351 e. The van der Waals surface area contributed by atoms with Crippen molar-refractivity contribution in [3.05, 3.63) is 71.8 Å². The Kier molecular flexibility index (Phi) is 6.76.